The predicted molar refractivity (Wildman–Crippen MR) is 179 cm³/mol. The van der Waals surface area contributed by atoms with Gasteiger partial charge in [0.1, 0.15) is 83.0 Å². The molecule has 6 rings (SSSR count). The maximum Gasteiger partial charge on any atom is 0.331 e. The van der Waals surface area contributed by atoms with E-state index in [2.05, 4.69) is 0 Å². The van der Waals surface area contributed by atoms with Gasteiger partial charge in [0.25, 0.3) is 0 Å². The maximum atomic E-state index is 13.6. The van der Waals surface area contributed by atoms with E-state index in [1.807, 2.05) is 0 Å². The number of esters is 1. The van der Waals surface area contributed by atoms with Crippen molar-refractivity contribution in [3.8, 4) is 34.3 Å². The van der Waals surface area contributed by atoms with Gasteiger partial charge in [0.15, 0.2) is 17.1 Å². The molecule has 17 heteroatoms. The minimum absolute atomic E-state index is 0.0226. The Kier molecular flexibility index (Phi) is 11.0. The van der Waals surface area contributed by atoms with Crippen LogP contribution in [-0.4, -0.2) is 125 Å². The van der Waals surface area contributed by atoms with Crippen LogP contribution in [0.2, 0.25) is 0 Å². The van der Waals surface area contributed by atoms with E-state index >= 15 is 0 Å². The van der Waals surface area contributed by atoms with E-state index in [0.29, 0.717) is 5.56 Å². The molecule has 0 amide bonds. The molecule has 10 atom stereocenters. The number of fused-ring (bicyclic) bond motifs is 1. The monoisotopic (exact) mass is 740 g/mol. The fourth-order valence-corrected chi connectivity index (χ4v) is 6.11. The number of aliphatic hydroxyl groups excluding tert-OH is 7. The lowest BCUT2D eigenvalue weighted by atomic mass is 9.89. The molecule has 17 nitrogen and oxygen atoms in total. The Morgan fingerprint density at radius 3 is 2.00 bits per heavy atom. The standard InChI is InChI=1S/C36H36O17/c37-13-23-29(45)31(47)35(53-25(43)10-3-15-1-6-17(39)7-2-15)34(50-23)27-22(51-36-32(48)30(46)28(44)24(14-38)52-36)12-20(42)26-19(41)11-21(49-33(26)27)16-4-8-18(40)9-5-16/h1-12,23-24,28-32,34-40,42,44-48H,13-14H2/t23-,24-,28-,29-,30+,31+,32-,34+,35-,36-/m1/s1. The number of hydrogen-bond donors (Lipinski definition) is 10. The van der Waals surface area contributed by atoms with E-state index in [1.54, 1.807) is 0 Å². The molecule has 0 aliphatic carbocycles. The lowest BCUT2D eigenvalue weighted by Crippen LogP contribution is -2.60. The van der Waals surface area contributed by atoms with Crippen LogP contribution in [0.1, 0.15) is 17.2 Å². The van der Waals surface area contributed by atoms with Crippen molar-refractivity contribution in [3.63, 3.8) is 0 Å². The highest BCUT2D eigenvalue weighted by Gasteiger charge is 2.50. The first-order chi connectivity index (χ1) is 25.3. The summed E-state index contributed by atoms with van der Waals surface area (Å²) in [7, 11) is 0. The molecule has 3 heterocycles. The molecule has 4 aromatic rings. The van der Waals surface area contributed by atoms with Gasteiger partial charge in [-0.15, -0.1) is 0 Å². The van der Waals surface area contributed by atoms with E-state index in [-0.39, 0.29) is 28.4 Å². The zero-order chi connectivity index (χ0) is 38.1. The second kappa shape index (κ2) is 15.5. The quantitative estimate of drug-likeness (QED) is 0.0767. The minimum Gasteiger partial charge on any atom is -0.508 e. The van der Waals surface area contributed by atoms with Gasteiger partial charge in [-0.2, -0.15) is 0 Å². The highest BCUT2D eigenvalue weighted by molar-refractivity contribution is 5.90. The van der Waals surface area contributed by atoms with E-state index < -0.39 is 108 Å². The van der Waals surface area contributed by atoms with Crippen LogP contribution in [0.3, 0.4) is 0 Å². The van der Waals surface area contributed by atoms with Crippen molar-refractivity contribution in [2.45, 2.75) is 61.2 Å². The predicted octanol–water partition coefficient (Wildman–Crippen LogP) is -0.465. The summed E-state index contributed by atoms with van der Waals surface area (Å²) in [6.45, 7) is -1.70. The van der Waals surface area contributed by atoms with Gasteiger partial charge in [-0.3, -0.25) is 4.79 Å². The van der Waals surface area contributed by atoms with Crippen molar-refractivity contribution in [1.82, 2.24) is 0 Å². The Morgan fingerprint density at radius 1 is 0.755 bits per heavy atom. The summed E-state index contributed by atoms with van der Waals surface area (Å²) in [6.07, 6.45) is -15.7. The summed E-state index contributed by atoms with van der Waals surface area (Å²) >= 11 is 0. The largest absolute Gasteiger partial charge is 0.508 e. The lowest BCUT2D eigenvalue weighted by Gasteiger charge is -2.43. The van der Waals surface area contributed by atoms with E-state index in [0.717, 1.165) is 18.2 Å². The van der Waals surface area contributed by atoms with Gasteiger partial charge in [0, 0.05) is 23.8 Å². The average Bonchev–Trinajstić information content (AvgIpc) is 3.14. The van der Waals surface area contributed by atoms with Crippen LogP contribution in [0.4, 0.5) is 0 Å². The maximum absolute atomic E-state index is 13.6. The van der Waals surface area contributed by atoms with E-state index in [9.17, 15) is 60.7 Å². The van der Waals surface area contributed by atoms with Crippen molar-refractivity contribution in [2.24, 2.45) is 0 Å². The van der Waals surface area contributed by atoms with Crippen molar-refractivity contribution < 1.29 is 79.2 Å². The van der Waals surface area contributed by atoms with Crippen LogP contribution < -0.4 is 10.2 Å². The first-order valence-corrected chi connectivity index (χ1v) is 16.2. The summed E-state index contributed by atoms with van der Waals surface area (Å²) in [6, 6.07) is 13.1. The molecule has 1 aromatic heterocycles. The second-order valence-electron chi connectivity index (χ2n) is 12.4. The van der Waals surface area contributed by atoms with Gasteiger partial charge in [-0.05, 0) is 48.0 Å². The molecule has 53 heavy (non-hydrogen) atoms. The van der Waals surface area contributed by atoms with Crippen LogP contribution in [-0.2, 0) is 19.0 Å². The number of aliphatic hydroxyl groups is 7. The van der Waals surface area contributed by atoms with Crippen LogP contribution in [0, 0.1) is 0 Å². The van der Waals surface area contributed by atoms with Gasteiger partial charge in [0.2, 0.25) is 6.29 Å². The molecule has 0 saturated carbocycles. The number of ether oxygens (including phenoxy) is 4. The molecular formula is C36H36O17. The van der Waals surface area contributed by atoms with Crippen LogP contribution in [0.5, 0.6) is 23.0 Å². The number of benzene rings is 3. The molecule has 2 aliphatic rings. The van der Waals surface area contributed by atoms with E-state index in [4.69, 9.17) is 23.4 Å². The normalized spacial score (nSPS) is 29.0. The number of aromatic hydroxyl groups is 3. The third-order valence-electron chi connectivity index (χ3n) is 8.93. The second-order valence-corrected chi connectivity index (χ2v) is 12.4. The molecule has 2 fully saturated rings. The zero-order valence-electron chi connectivity index (χ0n) is 27.4. The van der Waals surface area contributed by atoms with Gasteiger partial charge < -0.3 is 74.4 Å². The average molecular weight is 741 g/mol. The molecule has 10 N–H and O–H groups in total. The topological polar surface area (TPSA) is 286 Å². The highest BCUT2D eigenvalue weighted by Crippen LogP contribution is 2.46. The van der Waals surface area contributed by atoms with Crippen LogP contribution in [0.25, 0.3) is 28.4 Å². The Morgan fingerprint density at radius 2 is 1.36 bits per heavy atom. The Hall–Kier alpha value is -5.08. The molecule has 3 aromatic carbocycles. The zero-order valence-corrected chi connectivity index (χ0v) is 27.4. The van der Waals surface area contributed by atoms with Gasteiger partial charge in [0.05, 0.1) is 18.8 Å². The third-order valence-corrected chi connectivity index (χ3v) is 8.93. The number of rotatable bonds is 9. The number of phenolic OH excluding ortho intramolecular Hbond substituents is 3. The molecule has 0 spiro atoms. The number of hydrogen-bond acceptors (Lipinski definition) is 17. The Balaban J connectivity index is 1.53. The van der Waals surface area contributed by atoms with Crippen molar-refractivity contribution in [2.75, 3.05) is 13.2 Å². The number of phenols is 3. The summed E-state index contributed by atoms with van der Waals surface area (Å²) in [5.41, 5.74) is -0.931. The first kappa shape index (κ1) is 37.7. The van der Waals surface area contributed by atoms with Crippen LogP contribution in [0.15, 0.2) is 76.0 Å². The molecule has 0 radical (unpaired) electrons. The fourth-order valence-electron chi connectivity index (χ4n) is 6.11. The molecule has 2 aliphatic heterocycles. The SMILES string of the molecule is O=C(C=Cc1ccc(O)cc1)O[C@@H]1[C@@H](O)[C@H](O)[C@@H](CO)O[C@H]1c1c(O[C@@H]2O[C@H](CO)[C@@H](O)[C@H](O)[C@H]2O)cc(O)c2c(=O)cc(-c3ccc(O)cc3)oc12. The summed E-state index contributed by atoms with van der Waals surface area (Å²) < 4.78 is 29.2. The molecule has 282 valence electrons. The molecule has 2 saturated heterocycles. The van der Waals surface area contributed by atoms with Crippen molar-refractivity contribution in [1.29, 1.82) is 0 Å². The Bertz CT molecular complexity index is 2010. The first-order valence-electron chi connectivity index (χ1n) is 16.2. The minimum atomic E-state index is -1.98. The van der Waals surface area contributed by atoms with E-state index in [1.165, 1.54) is 54.6 Å². The smallest absolute Gasteiger partial charge is 0.331 e. The lowest BCUT2D eigenvalue weighted by molar-refractivity contribution is -0.278. The summed E-state index contributed by atoms with van der Waals surface area (Å²) in [5, 5.41) is 104. The molecule has 0 unspecified atom stereocenters. The highest BCUT2D eigenvalue weighted by atomic mass is 16.7. The molecular weight excluding hydrogens is 704 g/mol. The summed E-state index contributed by atoms with van der Waals surface area (Å²) in [5.74, 6) is -2.57. The van der Waals surface area contributed by atoms with Crippen molar-refractivity contribution in [3.05, 3.63) is 88.1 Å². The van der Waals surface area contributed by atoms with Gasteiger partial charge in [-0.25, -0.2) is 4.79 Å². The third kappa shape index (κ3) is 7.56. The van der Waals surface area contributed by atoms with Gasteiger partial charge >= 0.3 is 5.97 Å². The van der Waals surface area contributed by atoms with Crippen molar-refractivity contribution >= 4 is 23.0 Å². The fraction of sp³-hybridized carbons (Fsp3) is 0.333. The van der Waals surface area contributed by atoms with Crippen LogP contribution >= 0.6 is 0 Å². The Labute approximate surface area is 299 Å². The number of carbonyl (C=O) groups is 1. The number of carbonyl (C=O) groups excluding carboxylic acids is 1. The van der Waals surface area contributed by atoms with Gasteiger partial charge in [-0.1, -0.05) is 12.1 Å². The summed E-state index contributed by atoms with van der Waals surface area (Å²) in [4.78, 5) is 26.8. The molecule has 0 bridgehead atoms.